The number of aromatic amines is 1. The zero-order valence-corrected chi connectivity index (χ0v) is 15.7. The lowest BCUT2D eigenvalue weighted by atomic mass is 10.2. The van der Waals surface area contributed by atoms with Crippen LogP contribution >= 0.6 is 0 Å². The summed E-state index contributed by atoms with van der Waals surface area (Å²) >= 11 is 0. The van der Waals surface area contributed by atoms with Gasteiger partial charge in [-0.25, -0.2) is 9.18 Å². The van der Waals surface area contributed by atoms with Crippen molar-refractivity contribution in [3.63, 3.8) is 0 Å². The van der Waals surface area contributed by atoms with E-state index in [9.17, 15) is 14.0 Å². The second-order valence-corrected chi connectivity index (χ2v) is 6.78. The molecule has 1 amide bonds. The maximum atomic E-state index is 13.7. The second kappa shape index (κ2) is 8.06. The van der Waals surface area contributed by atoms with Crippen LogP contribution in [0.4, 0.5) is 10.1 Å². The molecule has 2 heterocycles. The molecular weight excluding hydrogens is 353 g/mol. The smallest absolute Gasteiger partial charge is 0.356 e. The summed E-state index contributed by atoms with van der Waals surface area (Å²) in [6, 6.07) is 4.09. The SMILES string of the molecule is CCOC(=O)c1[nH]c2ccc(F)cc2c1NC(=O)CN1C[C@@H](C)O[C@@H](C)C1. The Labute approximate surface area is 156 Å². The third kappa shape index (κ3) is 4.45. The number of esters is 1. The van der Waals surface area contributed by atoms with E-state index in [2.05, 4.69) is 10.3 Å². The van der Waals surface area contributed by atoms with Crippen molar-refractivity contribution in [1.82, 2.24) is 9.88 Å². The van der Waals surface area contributed by atoms with Crippen LogP contribution in [0.2, 0.25) is 0 Å². The first-order valence-corrected chi connectivity index (χ1v) is 9.03. The van der Waals surface area contributed by atoms with Crippen molar-refractivity contribution in [2.75, 3.05) is 31.6 Å². The maximum absolute atomic E-state index is 13.7. The first-order valence-electron chi connectivity index (χ1n) is 9.03. The van der Waals surface area contributed by atoms with Gasteiger partial charge in [0.15, 0.2) is 0 Å². The number of halogens is 1. The van der Waals surface area contributed by atoms with Crippen molar-refractivity contribution in [2.45, 2.75) is 33.0 Å². The highest BCUT2D eigenvalue weighted by atomic mass is 19.1. The Kier molecular flexibility index (Phi) is 5.76. The highest BCUT2D eigenvalue weighted by Gasteiger charge is 2.25. The number of rotatable bonds is 5. The molecule has 1 aliphatic heterocycles. The molecule has 2 atom stereocenters. The number of hydrogen-bond acceptors (Lipinski definition) is 5. The van der Waals surface area contributed by atoms with Crippen LogP contribution in [-0.4, -0.2) is 60.2 Å². The van der Waals surface area contributed by atoms with Gasteiger partial charge in [0.05, 0.1) is 31.0 Å². The number of hydrogen-bond donors (Lipinski definition) is 2. The Bertz CT molecular complexity index is 841. The molecule has 146 valence electrons. The van der Waals surface area contributed by atoms with Gasteiger partial charge in [-0.2, -0.15) is 0 Å². The summed E-state index contributed by atoms with van der Waals surface area (Å²) in [4.78, 5) is 29.8. The van der Waals surface area contributed by atoms with Crippen molar-refractivity contribution in [1.29, 1.82) is 0 Å². The summed E-state index contributed by atoms with van der Waals surface area (Å²) in [6.45, 7) is 7.25. The number of carbonyl (C=O) groups is 2. The highest BCUT2D eigenvalue weighted by molar-refractivity contribution is 6.11. The van der Waals surface area contributed by atoms with Gasteiger partial charge in [0.2, 0.25) is 5.91 Å². The molecule has 8 heteroatoms. The van der Waals surface area contributed by atoms with E-state index < -0.39 is 11.8 Å². The van der Waals surface area contributed by atoms with Gasteiger partial charge < -0.3 is 19.8 Å². The summed E-state index contributed by atoms with van der Waals surface area (Å²) in [7, 11) is 0. The fraction of sp³-hybridized carbons (Fsp3) is 0.474. The molecule has 0 bridgehead atoms. The number of fused-ring (bicyclic) bond motifs is 1. The number of benzene rings is 1. The van der Waals surface area contributed by atoms with Crippen LogP contribution in [0.3, 0.4) is 0 Å². The van der Waals surface area contributed by atoms with Crippen LogP contribution in [0.1, 0.15) is 31.3 Å². The van der Waals surface area contributed by atoms with Crippen molar-refractivity contribution in [3.8, 4) is 0 Å². The summed E-state index contributed by atoms with van der Waals surface area (Å²) in [5.74, 6) is -1.34. The lowest BCUT2D eigenvalue weighted by Gasteiger charge is -2.34. The molecule has 0 aliphatic carbocycles. The molecule has 2 N–H and O–H groups in total. The summed E-state index contributed by atoms with van der Waals surface area (Å²) in [5, 5.41) is 3.18. The Morgan fingerprint density at radius 2 is 2.04 bits per heavy atom. The van der Waals surface area contributed by atoms with Gasteiger partial charge in [-0.15, -0.1) is 0 Å². The van der Waals surface area contributed by atoms with Crippen LogP contribution in [0.5, 0.6) is 0 Å². The van der Waals surface area contributed by atoms with Gasteiger partial charge in [0.1, 0.15) is 11.5 Å². The van der Waals surface area contributed by atoms with Gasteiger partial charge in [-0.05, 0) is 39.0 Å². The molecule has 27 heavy (non-hydrogen) atoms. The van der Waals surface area contributed by atoms with E-state index in [-0.39, 0.29) is 42.6 Å². The zero-order valence-electron chi connectivity index (χ0n) is 15.7. The fourth-order valence-corrected chi connectivity index (χ4v) is 3.45. The normalized spacial score (nSPS) is 20.6. The quantitative estimate of drug-likeness (QED) is 0.783. The minimum Gasteiger partial charge on any atom is -0.461 e. The number of amides is 1. The van der Waals surface area contributed by atoms with E-state index in [1.54, 1.807) is 6.92 Å². The predicted octanol–water partition coefficient (Wildman–Crippen LogP) is 2.53. The third-order valence-electron chi connectivity index (χ3n) is 4.37. The topological polar surface area (TPSA) is 83.7 Å². The fourth-order valence-electron chi connectivity index (χ4n) is 3.45. The standard InChI is InChI=1S/C19H24FN3O4/c1-4-26-19(25)18-17(14-7-13(20)5-6-15(14)21-18)22-16(24)10-23-8-11(2)27-12(3)9-23/h5-7,11-12,21H,4,8-10H2,1-3H3,(H,22,24)/t11-,12+. The third-order valence-corrected chi connectivity index (χ3v) is 4.37. The number of morpholine rings is 1. The van der Waals surface area contributed by atoms with E-state index in [0.717, 1.165) is 0 Å². The number of aromatic nitrogens is 1. The van der Waals surface area contributed by atoms with Crippen LogP contribution in [0, 0.1) is 5.82 Å². The highest BCUT2D eigenvalue weighted by Crippen LogP contribution is 2.29. The van der Waals surface area contributed by atoms with E-state index in [0.29, 0.717) is 24.0 Å². The van der Waals surface area contributed by atoms with Crippen LogP contribution in [0.15, 0.2) is 18.2 Å². The minimum atomic E-state index is -0.599. The molecule has 3 rings (SSSR count). The first kappa shape index (κ1) is 19.3. The van der Waals surface area contributed by atoms with E-state index >= 15 is 0 Å². The van der Waals surface area contributed by atoms with Crippen molar-refractivity contribution in [2.24, 2.45) is 0 Å². The Hall–Kier alpha value is -2.45. The van der Waals surface area contributed by atoms with Crippen molar-refractivity contribution >= 4 is 28.5 Å². The minimum absolute atomic E-state index is 0.0406. The van der Waals surface area contributed by atoms with Crippen LogP contribution in [0.25, 0.3) is 10.9 Å². The molecule has 1 fully saturated rings. The average Bonchev–Trinajstić information content (AvgIpc) is 2.92. The molecule has 0 spiro atoms. The van der Waals surface area contributed by atoms with E-state index in [4.69, 9.17) is 9.47 Å². The summed E-state index contributed by atoms with van der Waals surface area (Å²) in [5.41, 5.74) is 0.889. The lowest BCUT2D eigenvalue weighted by molar-refractivity contribution is -0.121. The van der Waals surface area contributed by atoms with Gasteiger partial charge >= 0.3 is 5.97 Å². The monoisotopic (exact) mass is 377 g/mol. The van der Waals surface area contributed by atoms with Gasteiger partial charge in [-0.3, -0.25) is 9.69 Å². The second-order valence-electron chi connectivity index (χ2n) is 6.78. The lowest BCUT2D eigenvalue weighted by Crippen LogP contribution is -2.48. The molecule has 0 unspecified atom stereocenters. The van der Waals surface area contributed by atoms with E-state index in [1.807, 2.05) is 18.7 Å². The molecule has 1 aromatic heterocycles. The maximum Gasteiger partial charge on any atom is 0.356 e. The number of ether oxygens (including phenoxy) is 2. The number of anilines is 1. The largest absolute Gasteiger partial charge is 0.461 e. The first-order chi connectivity index (χ1) is 12.9. The number of nitrogens with one attached hydrogen (secondary N) is 2. The van der Waals surface area contributed by atoms with Crippen LogP contribution in [-0.2, 0) is 14.3 Å². The van der Waals surface area contributed by atoms with E-state index in [1.165, 1.54) is 18.2 Å². The molecular formula is C19H24FN3O4. The Morgan fingerprint density at radius 1 is 1.33 bits per heavy atom. The predicted molar refractivity (Wildman–Crippen MR) is 99.3 cm³/mol. The molecule has 1 aromatic carbocycles. The molecule has 0 saturated carbocycles. The number of nitrogens with zero attached hydrogens (tertiary/aromatic N) is 1. The molecule has 0 radical (unpaired) electrons. The average molecular weight is 377 g/mol. The number of H-pyrrole nitrogens is 1. The van der Waals surface area contributed by atoms with Gasteiger partial charge in [-0.1, -0.05) is 0 Å². The van der Waals surface area contributed by atoms with Gasteiger partial charge in [0, 0.05) is 24.0 Å². The summed E-state index contributed by atoms with van der Waals surface area (Å²) < 4.78 is 24.4. The number of carbonyl (C=O) groups excluding carboxylic acids is 2. The summed E-state index contributed by atoms with van der Waals surface area (Å²) in [6.07, 6.45) is 0.0812. The van der Waals surface area contributed by atoms with Gasteiger partial charge in [0.25, 0.3) is 0 Å². The van der Waals surface area contributed by atoms with Crippen molar-refractivity contribution in [3.05, 3.63) is 29.7 Å². The van der Waals surface area contributed by atoms with Crippen LogP contribution < -0.4 is 5.32 Å². The molecule has 7 nitrogen and oxygen atoms in total. The zero-order chi connectivity index (χ0) is 19.6. The van der Waals surface area contributed by atoms with Crippen molar-refractivity contribution < 1.29 is 23.5 Å². The molecule has 2 aromatic rings. The Morgan fingerprint density at radius 3 is 2.70 bits per heavy atom. The molecule has 1 saturated heterocycles. The molecule has 1 aliphatic rings. The Balaban J connectivity index is 1.83.